The van der Waals surface area contributed by atoms with Crippen molar-refractivity contribution in [2.75, 3.05) is 13.2 Å². The van der Waals surface area contributed by atoms with Gasteiger partial charge in [0.25, 0.3) is 0 Å². The van der Waals surface area contributed by atoms with Crippen molar-refractivity contribution < 1.29 is 27.0 Å². The molecule has 0 amide bonds. The van der Waals surface area contributed by atoms with Crippen LogP contribution in [0.4, 0.5) is 4.39 Å². The Balaban J connectivity index is 1.40. The molecule has 2 aromatic carbocycles. The van der Waals surface area contributed by atoms with Crippen molar-refractivity contribution >= 4 is 10.0 Å². The third-order valence-corrected chi connectivity index (χ3v) is 5.71. The average molecular weight is 430 g/mol. The minimum absolute atomic E-state index is 0.0457. The molecule has 0 fully saturated rings. The van der Waals surface area contributed by atoms with E-state index in [2.05, 4.69) is 9.71 Å². The zero-order chi connectivity index (χ0) is 21.0. The number of fused-ring (bicyclic) bond motifs is 1. The summed E-state index contributed by atoms with van der Waals surface area (Å²) in [5.41, 5.74) is 0.638. The second kappa shape index (κ2) is 8.68. The summed E-state index contributed by atoms with van der Waals surface area (Å²) in [7, 11) is -3.75. The van der Waals surface area contributed by atoms with Crippen LogP contribution >= 0.6 is 0 Å². The third kappa shape index (κ3) is 4.87. The Morgan fingerprint density at radius 2 is 1.87 bits per heavy atom. The smallest absolute Gasteiger partial charge is 0.241 e. The van der Waals surface area contributed by atoms with Crippen molar-refractivity contribution in [3.8, 4) is 23.1 Å². The molecule has 1 aromatic heterocycles. The van der Waals surface area contributed by atoms with Gasteiger partial charge in [0.05, 0.1) is 18.1 Å². The van der Waals surface area contributed by atoms with Gasteiger partial charge in [-0.1, -0.05) is 12.1 Å². The van der Waals surface area contributed by atoms with Crippen molar-refractivity contribution in [3.05, 3.63) is 72.2 Å². The quantitative estimate of drug-likeness (QED) is 0.642. The van der Waals surface area contributed by atoms with Crippen LogP contribution in [0.15, 0.2) is 65.7 Å². The molecule has 0 bridgehead atoms. The van der Waals surface area contributed by atoms with Crippen LogP contribution in [0.1, 0.15) is 12.0 Å². The van der Waals surface area contributed by atoms with E-state index in [9.17, 15) is 12.8 Å². The van der Waals surface area contributed by atoms with Gasteiger partial charge in [0, 0.05) is 37.4 Å². The first kappa shape index (κ1) is 20.1. The van der Waals surface area contributed by atoms with Crippen LogP contribution in [0.2, 0.25) is 0 Å². The number of hydrogen-bond donors (Lipinski definition) is 1. The second-order valence-corrected chi connectivity index (χ2v) is 8.31. The number of rotatable bonds is 6. The number of pyridine rings is 1. The predicted octanol–water partition coefficient (Wildman–Crippen LogP) is 3.65. The Kier molecular flexibility index (Phi) is 5.82. The maximum absolute atomic E-state index is 13.2. The van der Waals surface area contributed by atoms with Gasteiger partial charge in [-0.15, -0.1) is 0 Å². The molecule has 3 aromatic rings. The summed E-state index contributed by atoms with van der Waals surface area (Å²) < 4.78 is 57.6. The Hall–Kier alpha value is -3.17. The molecular formula is C21H19FN2O5S. The molecule has 0 aliphatic carbocycles. The number of halogens is 1. The number of nitrogens with one attached hydrogen (secondary N) is 1. The van der Waals surface area contributed by atoms with Gasteiger partial charge < -0.3 is 14.2 Å². The maximum Gasteiger partial charge on any atom is 0.241 e. The first-order valence-electron chi connectivity index (χ1n) is 9.27. The molecule has 0 unspecified atom stereocenters. The van der Waals surface area contributed by atoms with E-state index in [0.29, 0.717) is 36.0 Å². The van der Waals surface area contributed by atoms with Gasteiger partial charge >= 0.3 is 0 Å². The zero-order valence-corrected chi connectivity index (χ0v) is 16.7. The van der Waals surface area contributed by atoms with Gasteiger partial charge in [0.1, 0.15) is 11.6 Å². The Morgan fingerprint density at radius 3 is 2.63 bits per heavy atom. The standard InChI is InChI=1S/C21H19FN2O5S/c22-16-3-1-4-17(11-16)29-21-8-5-15(13-23-21)14-24-30(25,26)18-6-7-19-20(12-18)28-10-2-9-27-19/h1,3-8,11-13,24H,2,9-10,14H2. The Labute approximate surface area is 173 Å². The molecule has 1 aliphatic heterocycles. The topological polar surface area (TPSA) is 86.8 Å². The van der Waals surface area contributed by atoms with Crippen molar-refractivity contribution in [3.63, 3.8) is 0 Å². The summed E-state index contributed by atoms with van der Waals surface area (Å²) in [5, 5.41) is 0. The molecule has 2 heterocycles. The van der Waals surface area contributed by atoms with E-state index in [-0.39, 0.29) is 17.3 Å². The number of aromatic nitrogens is 1. The molecule has 1 N–H and O–H groups in total. The van der Waals surface area contributed by atoms with E-state index in [1.165, 1.54) is 36.5 Å². The lowest BCUT2D eigenvalue weighted by Gasteiger charge is -2.11. The first-order valence-corrected chi connectivity index (χ1v) is 10.8. The van der Waals surface area contributed by atoms with Gasteiger partial charge in [-0.05, 0) is 29.8 Å². The van der Waals surface area contributed by atoms with E-state index in [1.807, 2.05) is 0 Å². The van der Waals surface area contributed by atoms with Gasteiger partial charge in [-0.2, -0.15) is 0 Å². The summed E-state index contributed by atoms with van der Waals surface area (Å²) >= 11 is 0. The molecular weight excluding hydrogens is 411 g/mol. The lowest BCUT2D eigenvalue weighted by Crippen LogP contribution is -2.23. The summed E-state index contributed by atoms with van der Waals surface area (Å²) in [6.07, 6.45) is 2.23. The molecule has 156 valence electrons. The van der Waals surface area contributed by atoms with Gasteiger partial charge in [0.2, 0.25) is 15.9 Å². The van der Waals surface area contributed by atoms with Crippen LogP contribution in [-0.4, -0.2) is 26.6 Å². The average Bonchev–Trinajstić information content (AvgIpc) is 2.98. The van der Waals surface area contributed by atoms with Crippen LogP contribution in [0.25, 0.3) is 0 Å². The summed E-state index contributed by atoms with van der Waals surface area (Å²) in [5.74, 6) is 1.13. The molecule has 0 radical (unpaired) electrons. The minimum atomic E-state index is -3.75. The third-order valence-electron chi connectivity index (χ3n) is 4.31. The molecule has 4 rings (SSSR count). The molecule has 0 spiro atoms. The summed E-state index contributed by atoms with van der Waals surface area (Å²) in [6.45, 7) is 1.05. The lowest BCUT2D eigenvalue weighted by atomic mass is 10.3. The largest absolute Gasteiger partial charge is 0.490 e. The second-order valence-electron chi connectivity index (χ2n) is 6.55. The van der Waals surface area contributed by atoms with E-state index in [4.69, 9.17) is 14.2 Å². The maximum atomic E-state index is 13.2. The van der Waals surface area contributed by atoms with E-state index in [1.54, 1.807) is 24.3 Å². The zero-order valence-electron chi connectivity index (χ0n) is 15.9. The summed E-state index contributed by atoms with van der Waals surface area (Å²) in [4.78, 5) is 4.22. The van der Waals surface area contributed by atoms with Crippen molar-refractivity contribution in [2.45, 2.75) is 17.9 Å². The molecule has 0 saturated carbocycles. The van der Waals surface area contributed by atoms with Crippen molar-refractivity contribution in [1.82, 2.24) is 9.71 Å². The fourth-order valence-electron chi connectivity index (χ4n) is 2.80. The Morgan fingerprint density at radius 1 is 1.03 bits per heavy atom. The highest BCUT2D eigenvalue weighted by molar-refractivity contribution is 7.89. The SMILES string of the molecule is O=S(=O)(NCc1ccc(Oc2cccc(F)c2)nc1)c1ccc2c(c1)OCCCO2. The number of sulfonamides is 1. The van der Waals surface area contributed by atoms with Gasteiger partial charge in [0.15, 0.2) is 11.5 Å². The molecule has 30 heavy (non-hydrogen) atoms. The fourth-order valence-corrected chi connectivity index (χ4v) is 3.83. The molecule has 1 aliphatic rings. The lowest BCUT2D eigenvalue weighted by molar-refractivity contribution is 0.297. The summed E-state index contributed by atoms with van der Waals surface area (Å²) in [6, 6.07) is 13.5. The number of benzene rings is 2. The monoisotopic (exact) mass is 430 g/mol. The van der Waals surface area contributed by atoms with Gasteiger partial charge in [-0.25, -0.2) is 22.5 Å². The normalized spacial score (nSPS) is 13.5. The fraction of sp³-hybridized carbons (Fsp3) is 0.190. The van der Waals surface area contributed by atoms with Crippen LogP contribution < -0.4 is 18.9 Å². The van der Waals surface area contributed by atoms with Crippen molar-refractivity contribution in [2.24, 2.45) is 0 Å². The van der Waals surface area contributed by atoms with E-state index in [0.717, 1.165) is 6.42 Å². The highest BCUT2D eigenvalue weighted by Crippen LogP contribution is 2.32. The number of nitrogens with zero attached hydrogens (tertiary/aromatic N) is 1. The van der Waals surface area contributed by atoms with Crippen LogP contribution in [0.3, 0.4) is 0 Å². The first-order chi connectivity index (χ1) is 14.5. The number of ether oxygens (including phenoxy) is 3. The minimum Gasteiger partial charge on any atom is -0.490 e. The molecule has 0 atom stereocenters. The van der Waals surface area contributed by atoms with Crippen LogP contribution in [0.5, 0.6) is 23.1 Å². The highest BCUT2D eigenvalue weighted by Gasteiger charge is 2.18. The van der Waals surface area contributed by atoms with E-state index >= 15 is 0 Å². The Bertz CT molecular complexity index is 1140. The van der Waals surface area contributed by atoms with Crippen LogP contribution in [-0.2, 0) is 16.6 Å². The predicted molar refractivity (Wildman–Crippen MR) is 107 cm³/mol. The molecule has 9 heteroatoms. The highest BCUT2D eigenvalue weighted by atomic mass is 32.2. The van der Waals surface area contributed by atoms with Crippen LogP contribution in [0, 0.1) is 5.82 Å². The van der Waals surface area contributed by atoms with Crippen molar-refractivity contribution in [1.29, 1.82) is 0 Å². The number of hydrogen-bond acceptors (Lipinski definition) is 6. The van der Waals surface area contributed by atoms with Gasteiger partial charge in [-0.3, -0.25) is 0 Å². The van der Waals surface area contributed by atoms with E-state index < -0.39 is 15.8 Å². The molecule has 7 nitrogen and oxygen atoms in total. The molecule has 0 saturated heterocycles.